The summed E-state index contributed by atoms with van der Waals surface area (Å²) in [6.45, 7) is 4.54. The topological polar surface area (TPSA) is 59.2 Å². The van der Waals surface area contributed by atoms with Crippen LogP contribution in [0.4, 0.5) is 0 Å². The van der Waals surface area contributed by atoms with Gasteiger partial charge in [0, 0.05) is 7.12 Å². The highest BCUT2D eigenvalue weighted by atomic mass is 16.5. The number of allylic oxidation sites excluding steroid dienone is 4. The third-order valence-corrected chi connectivity index (χ3v) is 6.05. The van der Waals surface area contributed by atoms with Crippen molar-refractivity contribution < 1.29 is 15.8 Å². The van der Waals surface area contributed by atoms with Crippen LogP contribution in [0.2, 0.25) is 0 Å². The number of aromatic amines is 1. The minimum atomic E-state index is -0.442. The highest BCUT2D eigenvalue weighted by Gasteiger charge is 2.47. The first-order chi connectivity index (χ1) is 14.1. The molecule has 1 saturated carbocycles. The normalized spacial score (nSPS) is 22.4. The van der Waals surface area contributed by atoms with Gasteiger partial charge in [0.1, 0.15) is 6.61 Å². The second-order valence-corrected chi connectivity index (χ2v) is 8.32. The standard InChI is InChI=1S/C25H27NO3.H2/c1-3-8-20-22(24(28)29-16-17-9-5-4-6-10-17)21(15-27)26-23(20)18-11-7-12-19-14-25(19,2)13-18;/h4-7,9-10,12-13,15,19,26H,3,8,11,14,16H2,1-2H3;1H. The molecule has 0 spiro atoms. The molecule has 29 heavy (non-hydrogen) atoms. The minimum absolute atomic E-state index is 0. The number of hydrogen-bond acceptors (Lipinski definition) is 3. The van der Waals surface area contributed by atoms with Gasteiger partial charge in [-0.25, -0.2) is 4.79 Å². The number of esters is 1. The second kappa shape index (κ2) is 7.86. The number of carbonyl (C=O) groups excluding carboxylic acids is 2. The predicted molar refractivity (Wildman–Crippen MR) is 116 cm³/mol. The fourth-order valence-corrected chi connectivity index (χ4v) is 4.31. The maximum Gasteiger partial charge on any atom is 0.341 e. The predicted octanol–water partition coefficient (Wildman–Crippen LogP) is 5.75. The molecule has 152 valence electrons. The van der Waals surface area contributed by atoms with E-state index in [1.54, 1.807) is 0 Å². The van der Waals surface area contributed by atoms with E-state index < -0.39 is 5.97 Å². The lowest BCUT2D eigenvalue weighted by Crippen LogP contribution is -2.10. The number of H-pyrrole nitrogens is 1. The fraction of sp³-hybridized carbons (Fsp3) is 0.360. The molecule has 2 unspecified atom stereocenters. The van der Waals surface area contributed by atoms with Crippen molar-refractivity contribution in [3.05, 3.63) is 76.6 Å². The molecule has 0 radical (unpaired) electrons. The molecule has 4 nitrogen and oxygen atoms in total. The van der Waals surface area contributed by atoms with Gasteiger partial charge in [-0.1, -0.05) is 68.8 Å². The van der Waals surface area contributed by atoms with E-state index in [0.29, 0.717) is 17.2 Å². The van der Waals surface area contributed by atoms with Crippen LogP contribution in [0, 0.1) is 11.3 Å². The summed E-state index contributed by atoms with van der Waals surface area (Å²) in [4.78, 5) is 28.0. The SMILES string of the molecule is CCCc1c(C2=CC3(C)CC3C=CC2)[nH]c(C=O)c1C(=O)OCc1ccccc1.[HH]. The maximum absolute atomic E-state index is 13.0. The van der Waals surface area contributed by atoms with Gasteiger partial charge >= 0.3 is 5.97 Å². The van der Waals surface area contributed by atoms with E-state index in [0.717, 1.165) is 54.4 Å². The number of aromatic nitrogens is 1. The molecule has 0 aliphatic heterocycles. The monoisotopic (exact) mass is 391 g/mol. The number of benzene rings is 1. The Bertz CT molecular complexity index is 989. The molecular formula is C25H29NO3. The summed E-state index contributed by atoms with van der Waals surface area (Å²) in [5.41, 5.74) is 4.79. The Morgan fingerprint density at radius 3 is 2.86 bits per heavy atom. The summed E-state index contributed by atoms with van der Waals surface area (Å²) in [5, 5.41) is 0. The van der Waals surface area contributed by atoms with Gasteiger partial charge in [0.15, 0.2) is 6.29 Å². The van der Waals surface area contributed by atoms with Crippen LogP contribution >= 0.6 is 0 Å². The number of hydrogen-bond donors (Lipinski definition) is 1. The largest absolute Gasteiger partial charge is 0.457 e. The van der Waals surface area contributed by atoms with Crippen molar-refractivity contribution in [3.63, 3.8) is 0 Å². The molecule has 1 aromatic heterocycles. The molecule has 2 aromatic rings. The number of aldehydes is 1. The van der Waals surface area contributed by atoms with Crippen molar-refractivity contribution in [1.29, 1.82) is 0 Å². The van der Waals surface area contributed by atoms with Gasteiger partial charge in [-0.15, -0.1) is 0 Å². The van der Waals surface area contributed by atoms with Crippen molar-refractivity contribution in [2.45, 2.75) is 46.1 Å². The molecule has 0 bridgehead atoms. The summed E-state index contributed by atoms with van der Waals surface area (Å²) >= 11 is 0. The Hall–Kier alpha value is -2.88. The van der Waals surface area contributed by atoms with E-state index >= 15 is 0 Å². The fourth-order valence-electron chi connectivity index (χ4n) is 4.31. The first-order valence-corrected chi connectivity index (χ1v) is 10.4. The van der Waals surface area contributed by atoms with Crippen LogP contribution in [-0.4, -0.2) is 17.2 Å². The van der Waals surface area contributed by atoms with Gasteiger partial charge in [0.2, 0.25) is 0 Å². The number of fused-ring (bicyclic) bond motifs is 1. The zero-order valence-electron chi connectivity index (χ0n) is 17.0. The van der Waals surface area contributed by atoms with Crippen LogP contribution in [0.25, 0.3) is 5.57 Å². The first-order valence-electron chi connectivity index (χ1n) is 10.4. The van der Waals surface area contributed by atoms with Crippen LogP contribution in [-0.2, 0) is 17.8 Å². The highest BCUT2D eigenvalue weighted by Crippen LogP contribution is 2.57. The molecule has 1 N–H and O–H groups in total. The molecule has 2 aliphatic rings. The Balaban J connectivity index is 0.00000256. The van der Waals surface area contributed by atoms with Gasteiger partial charge in [0.05, 0.1) is 11.3 Å². The lowest BCUT2D eigenvalue weighted by atomic mass is 9.95. The smallest absolute Gasteiger partial charge is 0.341 e. The maximum atomic E-state index is 13.0. The Morgan fingerprint density at radius 2 is 2.14 bits per heavy atom. The van der Waals surface area contributed by atoms with Gasteiger partial charge < -0.3 is 9.72 Å². The van der Waals surface area contributed by atoms with Gasteiger partial charge in [0.25, 0.3) is 0 Å². The van der Waals surface area contributed by atoms with E-state index in [4.69, 9.17) is 4.74 Å². The highest BCUT2D eigenvalue weighted by molar-refractivity contribution is 6.00. The molecule has 0 saturated heterocycles. The van der Waals surface area contributed by atoms with Crippen LogP contribution in [0.3, 0.4) is 0 Å². The average molecular weight is 392 g/mol. The van der Waals surface area contributed by atoms with E-state index in [1.807, 2.05) is 30.3 Å². The molecule has 1 fully saturated rings. The summed E-state index contributed by atoms with van der Waals surface area (Å²) in [6.07, 6.45) is 11.1. The summed E-state index contributed by atoms with van der Waals surface area (Å²) in [6, 6.07) is 9.58. The Labute approximate surface area is 173 Å². The quantitative estimate of drug-likeness (QED) is 0.371. The summed E-state index contributed by atoms with van der Waals surface area (Å²) in [7, 11) is 0. The van der Waals surface area contributed by atoms with Crippen molar-refractivity contribution in [1.82, 2.24) is 4.98 Å². The third-order valence-electron chi connectivity index (χ3n) is 6.05. The molecule has 1 heterocycles. The zero-order chi connectivity index (χ0) is 20.4. The third kappa shape index (κ3) is 3.84. The second-order valence-electron chi connectivity index (χ2n) is 8.32. The number of ether oxygens (including phenoxy) is 1. The number of nitrogens with one attached hydrogen (secondary N) is 1. The molecule has 0 amide bonds. The zero-order valence-corrected chi connectivity index (χ0v) is 17.0. The van der Waals surface area contributed by atoms with Crippen molar-refractivity contribution in [2.24, 2.45) is 11.3 Å². The summed E-state index contributed by atoms with van der Waals surface area (Å²) in [5.74, 6) is 0.160. The van der Waals surface area contributed by atoms with Crippen LogP contribution in [0.1, 0.15) is 72.2 Å². The first kappa shape index (κ1) is 19.4. The molecule has 4 rings (SSSR count). The number of carbonyl (C=O) groups is 2. The van der Waals surface area contributed by atoms with Crippen LogP contribution in [0.5, 0.6) is 0 Å². The Morgan fingerprint density at radius 1 is 1.34 bits per heavy atom. The van der Waals surface area contributed by atoms with Crippen LogP contribution in [0.15, 0.2) is 48.6 Å². The van der Waals surface area contributed by atoms with Crippen molar-refractivity contribution in [3.8, 4) is 0 Å². The molecule has 2 aliphatic carbocycles. The van der Waals surface area contributed by atoms with Crippen LogP contribution < -0.4 is 0 Å². The molecular weight excluding hydrogens is 362 g/mol. The lowest BCUT2D eigenvalue weighted by molar-refractivity contribution is 0.0469. The van der Waals surface area contributed by atoms with E-state index in [2.05, 4.69) is 37.1 Å². The number of rotatable bonds is 7. The molecule has 2 atom stereocenters. The van der Waals surface area contributed by atoms with E-state index in [-0.39, 0.29) is 13.4 Å². The molecule has 4 heteroatoms. The molecule has 1 aromatic carbocycles. The van der Waals surface area contributed by atoms with E-state index in [1.165, 1.54) is 0 Å². The lowest BCUT2D eigenvalue weighted by Gasteiger charge is -2.11. The average Bonchev–Trinajstić information content (AvgIpc) is 3.26. The van der Waals surface area contributed by atoms with Crippen molar-refractivity contribution >= 4 is 17.8 Å². The van der Waals surface area contributed by atoms with Gasteiger partial charge in [-0.05, 0) is 47.3 Å². The summed E-state index contributed by atoms with van der Waals surface area (Å²) < 4.78 is 5.57. The van der Waals surface area contributed by atoms with Gasteiger partial charge in [-0.2, -0.15) is 0 Å². The van der Waals surface area contributed by atoms with Crippen molar-refractivity contribution in [2.75, 3.05) is 0 Å². The Kier molecular flexibility index (Phi) is 5.27. The van der Waals surface area contributed by atoms with Gasteiger partial charge in [-0.3, -0.25) is 4.79 Å². The van der Waals surface area contributed by atoms with E-state index in [9.17, 15) is 9.59 Å². The minimum Gasteiger partial charge on any atom is -0.457 e.